The first kappa shape index (κ1) is 16.3. The molecule has 2 rings (SSSR count). The second-order valence-electron chi connectivity index (χ2n) is 4.63. The van der Waals surface area contributed by atoms with Gasteiger partial charge in [0, 0.05) is 11.6 Å². The molecule has 0 aromatic heterocycles. The molecule has 0 saturated heterocycles. The zero-order valence-electron chi connectivity index (χ0n) is 11.7. The summed E-state index contributed by atoms with van der Waals surface area (Å²) in [5.41, 5.74) is 0.488. The highest BCUT2D eigenvalue weighted by atomic mass is 35.5. The van der Waals surface area contributed by atoms with E-state index in [1.807, 2.05) is 0 Å². The Bertz CT molecular complexity index is 848. The van der Waals surface area contributed by atoms with Gasteiger partial charge in [0.15, 0.2) is 5.75 Å². The molecule has 22 heavy (non-hydrogen) atoms. The molecule has 2 aromatic carbocycles. The summed E-state index contributed by atoms with van der Waals surface area (Å²) < 4.78 is 29.7. The zero-order chi connectivity index (χ0) is 16.5. The largest absolute Gasteiger partial charge is 0.377 e. The Morgan fingerprint density at radius 3 is 2.50 bits per heavy atom. The van der Waals surface area contributed by atoms with Crippen LogP contribution in [-0.2, 0) is 10.1 Å². The second-order valence-corrected chi connectivity index (χ2v) is 6.55. The average molecular weight is 342 g/mol. The van der Waals surface area contributed by atoms with Gasteiger partial charge in [0.25, 0.3) is 5.69 Å². The van der Waals surface area contributed by atoms with E-state index in [9.17, 15) is 18.5 Å². The quantitative estimate of drug-likeness (QED) is 0.481. The van der Waals surface area contributed by atoms with Gasteiger partial charge >= 0.3 is 10.1 Å². The van der Waals surface area contributed by atoms with Crippen molar-refractivity contribution in [3.8, 4) is 5.75 Å². The summed E-state index contributed by atoms with van der Waals surface area (Å²) in [5, 5.41) is 11.0. The van der Waals surface area contributed by atoms with Crippen molar-refractivity contribution in [2.75, 3.05) is 0 Å². The van der Waals surface area contributed by atoms with E-state index in [1.165, 1.54) is 37.3 Å². The first-order valence-electron chi connectivity index (χ1n) is 6.17. The third kappa shape index (κ3) is 3.20. The van der Waals surface area contributed by atoms with Crippen LogP contribution in [0, 0.1) is 24.0 Å². The van der Waals surface area contributed by atoms with E-state index in [-0.39, 0.29) is 26.9 Å². The van der Waals surface area contributed by atoms with Gasteiger partial charge in [0.1, 0.15) is 4.90 Å². The molecule has 0 aliphatic heterocycles. The van der Waals surface area contributed by atoms with Gasteiger partial charge in [-0.2, -0.15) is 8.42 Å². The van der Waals surface area contributed by atoms with Crippen LogP contribution in [0.3, 0.4) is 0 Å². The van der Waals surface area contributed by atoms with Gasteiger partial charge in [-0.25, -0.2) is 0 Å². The third-order valence-electron chi connectivity index (χ3n) is 3.01. The van der Waals surface area contributed by atoms with Gasteiger partial charge in [0.2, 0.25) is 0 Å². The number of rotatable bonds is 4. The molecule has 8 heteroatoms. The van der Waals surface area contributed by atoms with Crippen LogP contribution in [0.2, 0.25) is 5.02 Å². The number of hydrogen-bond donors (Lipinski definition) is 0. The van der Waals surface area contributed by atoms with Crippen LogP contribution >= 0.6 is 11.6 Å². The Hall–Kier alpha value is -2.12. The molecule has 0 spiro atoms. The predicted octanol–water partition coefficient (Wildman–Crippen LogP) is 3.63. The van der Waals surface area contributed by atoms with Crippen LogP contribution in [0.5, 0.6) is 5.75 Å². The Labute approximate surface area is 132 Å². The Kier molecular flexibility index (Phi) is 4.39. The summed E-state index contributed by atoms with van der Waals surface area (Å²) in [5.74, 6) is -0.0208. The molecule has 0 radical (unpaired) electrons. The lowest BCUT2D eigenvalue weighted by Crippen LogP contribution is -2.12. The van der Waals surface area contributed by atoms with Crippen LogP contribution < -0.4 is 4.18 Å². The second kappa shape index (κ2) is 5.94. The van der Waals surface area contributed by atoms with Crippen molar-refractivity contribution in [1.82, 2.24) is 0 Å². The summed E-state index contributed by atoms with van der Waals surface area (Å²) in [4.78, 5) is 10.00. The van der Waals surface area contributed by atoms with Crippen LogP contribution in [0.25, 0.3) is 0 Å². The molecule has 0 bridgehead atoms. The zero-order valence-corrected chi connectivity index (χ0v) is 13.3. The third-order valence-corrected chi connectivity index (χ3v) is 4.70. The fourth-order valence-electron chi connectivity index (χ4n) is 1.91. The van der Waals surface area contributed by atoms with Crippen molar-refractivity contribution >= 4 is 27.4 Å². The summed E-state index contributed by atoms with van der Waals surface area (Å²) in [7, 11) is -4.23. The van der Waals surface area contributed by atoms with Crippen molar-refractivity contribution in [1.29, 1.82) is 0 Å². The van der Waals surface area contributed by atoms with Crippen LogP contribution in [0.4, 0.5) is 5.69 Å². The molecule has 2 aromatic rings. The maximum Gasteiger partial charge on any atom is 0.339 e. The summed E-state index contributed by atoms with van der Waals surface area (Å²) in [6, 6.07) is 8.48. The lowest BCUT2D eigenvalue weighted by atomic mass is 10.2. The van der Waals surface area contributed by atoms with Crippen molar-refractivity contribution in [2.45, 2.75) is 18.7 Å². The minimum absolute atomic E-state index is 0.0104. The number of aryl methyl sites for hydroxylation is 1. The molecule has 0 saturated carbocycles. The van der Waals surface area contributed by atoms with Crippen molar-refractivity contribution in [2.24, 2.45) is 0 Å². The van der Waals surface area contributed by atoms with E-state index in [4.69, 9.17) is 15.8 Å². The lowest BCUT2D eigenvalue weighted by Gasteiger charge is -2.11. The Balaban J connectivity index is 2.50. The lowest BCUT2D eigenvalue weighted by molar-refractivity contribution is -0.385. The molecule has 0 aliphatic rings. The molecule has 0 aliphatic carbocycles. The number of nitro groups is 1. The van der Waals surface area contributed by atoms with Gasteiger partial charge < -0.3 is 4.18 Å². The number of halogens is 1. The molecule has 0 N–H and O–H groups in total. The highest BCUT2D eigenvalue weighted by molar-refractivity contribution is 7.87. The highest BCUT2D eigenvalue weighted by Crippen LogP contribution is 2.31. The van der Waals surface area contributed by atoms with E-state index in [2.05, 4.69) is 0 Å². The van der Waals surface area contributed by atoms with Gasteiger partial charge in [-0.15, -0.1) is 0 Å². The number of hydrogen-bond acceptors (Lipinski definition) is 5. The molecule has 0 heterocycles. The first-order chi connectivity index (χ1) is 10.2. The minimum atomic E-state index is -4.23. The molecule has 6 nitrogen and oxygen atoms in total. The van der Waals surface area contributed by atoms with Gasteiger partial charge in [0.05, 0.1) is 9.95 Å². The molecule has 116 valence electrons. The monoisotopic (exact) mass is 341 g/mol. The molecule has 0 fully saturated rings. The summed E-state index contributed by atoms with van der Waals surface area (Å²) >= 11 is 5.91. The molecule has 0 atom stereocenters. The van der Waals surface area contributed by atoms with E-state index in [0.29, 0.717) is 0 Å². The van der Waals surface area contributed by atoms with E-state index >= 15 is 0 Å². The number of nitro benzene ring substituents is 1. The number of benzene rings is 2. The fourth-order valence-corrected chi connectivity index (χ4v) is 3.30. The van der Waals surface area contributed by atoms with Crippen molar-refractivity contribution < 1.29 is 17.5 Å². The highest BCUT2D eigenvalue weighted by Gasteiger charge is 2.25. The predicted molar refractivity (Wildman–Crippen MR) is 81.8 cm³/mol. The topological polar surface area (TPSA) is 86.5 Å². The molecule has 0 amide bonds. The molecular formula is C14H12ClNO5S. The maximum absolute atomic E-state index is 12.4. The molecular weight excluding hydrogens is 330 g/mol. The Morgan fingerprint density at radius 1 is 1.18 bits per heavy atom. The van der Waals surface area contributed by atoms with E-state index in [1.54, 1.807) is 13.0 Å². The maximum atomic E-state index is 12.4. The normalized spacial score (nSPS) is 11.2. The standard InChI is InChI=1S/C14H12ClNO5S/c1-9-6-7-11(15)13(8-9)21-22(19,20)14-5-3-4-12(10(14)2)16(17)18/h3-8H,1-2H3. The van der Waals surface area contributed by atoms with Crippen LogP contribution in [0.15, 0.2) is 41.3 Å². The molecule has 0 unspecified atom stereocenters. The van der Waals surface area contributed by atoms with Crippen molar-refractivity contribution in [3.05, 3.63) is 62.7 Å². The number of nitrogens with zero attached hydrogens (tertiary/aromatic N) is 1. The van der Waals surface area contributed by atoms with Gasteiger partial charge in [-0.3, -0.25) is 10.1 Å². The Morgan fingerprint density at radius 2 is 1.86 bits per heavy atom. The van der Waals surface area contributed by atoms with Gasteiger partial charge in [-0.05, 0) is 37.6 Å². The average Bonchev–Trinajstić information content (AvgIpc) is 2.42. The van der Waals surface area contributed by atoms with E-state index in [0.717, 1.165) is 5.56 Å². The first-order valence-corrected chi connectivity index (χ1v) is 7.95. The summed E-state index contributed by atoms with van der Waals surface area (Å²) in [6.07, 6.45) is 0. The smallest absolute Gasteiger partial charge is 0.339 e. The fraction of sp³-hybridized carbons (Fsp3) is 0.143. The van der Waals surface area contributed by atoms with Crippen molar-refractivity contribution in [3.63, 3.8) is 0 Å². The van der Waals surface area contributed by atoms with Gasteiger partial charge in [-0.1, -0.05) is 23.7 Å². The van der Waals surface area contributed by atoms with Crippen LogP contribution in [0.1, 0.15) is 11.1 Å². The minimum Gasteiger partial charge on any atom is -0.377 e. The van der Waals surface area contributed by atoms with E-state index < -0.39 is 15.0 Å². The SMILES string of the molecule is Cc1ccc(Cl)c(OS(=O)(=O)c2cccc([N+](=O)[O-])c2C)c1. The van der Waals surface area contributed by atoms with Crippen LogP contribution in [-0.4, -0.2) is 13.3 Å². The summed E-state index contributed by atoms with van der Waals surface area (Å²) in [6.45, 7) is 3.11.